The number of pyridine rings is 1. The van der Waals surface area contributed by atoms with E-state index in [2.05, 4.69) is 26.2 Å². The van der Waals surface area contributed by atoms with E-state index in [0.717, 1.165) is 30.4 Å². The summed E-state index contributed by atoms with van der Waals surface area (Å²) in [7, 11) is 0. The molecule has 6 nitrogen and oxygen atoms in total. The van der Waals surface area contributed by atoms with Crippen LogP contribution in [0.5, 0.6) is 0 Å². The quantitative estimate of drug-likeness (QED) is 0.836. The molecule has 1 fully saturated rings. The second-order valence-corrected chi connectivity index (χ2v) is 5.77. The fourth-order valence-electron chi connectivity index (χ4n) is 2.23. The lowest BCUT2D eigenvalue weighted by molar-refractivity contribution is -0.119. The first-order valence-electron chi connectivity index (χ1n) is 6.47. The molecular formula is C13H17BrN4O2. The second kappa shape index (κ2) is 6.81. The number of primary amides is 1. The Morgan fingerprint density at radius 3 is 2.65 bits per heavy atom. The molecule has 0 aromatic carbocycles. The molecule has 1 aromatic rings. The van der Waals surface area contributed by atoms with Gasteiger partial charge >= 0.3 is 0 Å². The fraction of sp³-hybridized carbons (Fsp3) is 0.462. The predicted octanol–water partition coefficient (Wildman–Crippen LogP) is 0.524. The third-order valence-electron chi connectivity index (χ3n) is 3.26. The molecule has 108 valence electrons. The summed E-state index contributed by atoms with van der Waals surface area (Å²) in [5.41, 5.74) is 5.57. The molecule has 0 radical (unpaired) electrons. The Labute approximate surface area is 125 Å². The number of nitrogens with two attached hydrogens (primary N) is 1. The van der Waals surface area contributed by atoms with Gasteiger partial charge in [-0.05, 0) is 40.9 Å². The summed E-state index contributed by atoms with van der Waals surface area (Å²) in [6.07, 6.45) is 3.23. The lowest BCUT2D eigenvalue weighted by atomic mass is 10.0. The van der Waals surface area contributed by atoms with Crippen LogP contribution in [0.4, 0.5) is 0 Å². The summed E-state index contributed by atoms with van der Waals surface area (Å²) in [5.74, 6) is -0.475. The summed E-state index contributed by atoms with van der Waals surface area (Å²) < 4.78 is 0.841. The van der Waals surface area contributed by atoms with Crippen LogP contribution in [-0.2, 0) is 4.79 Å². The van der Waals surface area contributed by atoms with Crippen molar-refractivity contribution in [3.63, 3.8) is 0 Å². The standard InChI is InChI=1S/C13H17BrN4O2/c14-9-1-2-11(16-7-9)13(20)17-10-3-5-18(6-4-10)8-12(15)19/h1-2,7,10H,3-6,8H2,(H2,15,19)(H,17,20). The minimum Gasteiger partial charge on any atom is -0.369 e. The number of nitrogens with one attached hydrogen (secondary N) is 1. The first-order chi connectivity index (χ1) is 9.54. The van der Waals surface area contributed by atoms with Gasteiger partial charge in [0.15, 0.2) is 0 Å². The van der Waals surface area contributed by atoms with E-state index in [-0.39, 0.29) is 24.4 Å². The van der Waals surface area contributed by atoms with E-state index in [1.807, 2.05) is 4.90 Å². The van der Waals surface area contributed by atoms with Crippen molar-refractivity contribution in [2.24, 2.45) is 5.73 Å². The SMILES string of the molecule is NC(=O)CN1CCC(NC(=O)c2ccc(Br)cn2)CC1. The van der Waals surface area contributed by atoms with Gasteiger partial charge in [-0.3, -0.25) is 14.5 Å². The number of nitrogens with zero attached hydrogens (tertiary/aromatic N) is 2. The Morgan fingerprint density at radius 1 is 1.40 bits per heavy atom. The van der Waals surface area contributed by atoms with Gasteiger partial charge in [-0.1, -0.05) is 0 Å². The number of piperidine rings is 1. The number of amides is 2. The topological polar surface area (TPSA) is 88.3 Å². The van der Waals surface area contributed by atoms with Crippen LogP contribution in [0, 0.1) is 0 Å². The minimum absolute atomic E-state index is 0.122. The third-order valence-corrected chi connectivity index (χ3v) is 3.73. The highest BCUT2D eigenvalue weighted by Gasteiger charge is 2.22. The average Bonchev–Trinajstić information content (AvgIpc) is 2.41. The van der Waals surface area contributed by atoms with Crippen LogP contribution >= 0.6 is 15.9 Å². The summed E-state index contributed by atoms with van der Waals surface area (Å²) in [6, 6.07) is 3.59. The molecule has 0 spiro atoms. The number of aromatic nitrogens is 1. The predicted molar refractivity (Wildman–Crippen MR) is 78.1 cm³/mol. The van der Waals surface area contributed by atoms with Crippen molar-refractivity contribution < 1.29 is 9.59 Å². The summed E-state index contributed by atoms with van der Waals surface area (Å²) in [5, 5.41) is 2.97. The van der Waals surface area contributed by atoms with Gasteiger partial charge in [-0.2, -0.15) is 0 Å². The normalized spacial score (nSPS) is 16.9. The molecule has 2 heterocycles. The molecular weight excluding hydrogens is 324 g/mol. The van der Waals surface area contributed by atoms with E-state index >= 15 is 0 Å². The first kappa shape index (κ1) is 14.9. The monoisotopic (exact) mass is 340 g/mol. The summed E-state index contributed by atoms with van der Waals surface area (Å²) in [4.78, 5) is 28.9. The number of carbonyl (C=O) groups excluding carboxylic acids is 2. The maximum absolute atomic E-state index is 12.0. The number of likely N-dealkylation sites (tertiary alicyclic amines) is 1. The van der Waals surface area contributed by atoms with Crippen molar-refractivity contribution in [1.82, 2.24) is 15.2 Å². The molecule has 7 heteroatoms. The third kappa shape index (κ3) is 4.28. The Bertz CT molecular complexity index is 484. The van der Waals surface area contributed by atoms with Crippen LogP contribution in [0.2, 0.25) is 0 Å². The van der Waals surface area contributed by atoms with E-state index < -0.39 is 0 Å². The summed E-state index contributed by atoms with van der Waals surface area (Å²) >= 11 is 3.28. The van der Waals surface area contributed by atoms with Gasteiger partial charge in [0.05, 0.1) is 6.54 Å². The molecule has 0 saturated carbocycles. The van der Waals surface area contributed by atoms with Crippen LogP contribution in [0.1, 0.15) is 23.3 Å². The molecule has 2 rings (SSSR count). The van der Waals surface area contributed by atoms with Gasteiger partial charge in [-0.15, -0.1) is 0 Å². The molecule has 3 N–H and O–H groups in total. The van der Waals surface area contributed by atoms with Crippen LogP contribution in [0.3, 0.4) is 0 Å². The van der Waals surface area contributed by atoms with Crippen LogP contribution < -0.4 is 11.1 Å². The Balaban J connectivity index is 1.82. The second-order valence-electron chi connectivity index (χ2n) is 4.85. The Morgan fingerprint density at radius 2 is 2.10 bits per heavy atom. The van der Waals surface area contributed by atoms with E-state index in [1.165, 1.54) is 0 Å². The lowest BCUT2D eigenvalue weighted by Crippen LogP contribution is -2.46. The molecule has 1 aliphatic rings. The fourth-order valence-corrected chi connectivity index (χ4v) is 2.46. The number of halogens is 1. The van der Waals surface area contributed by atoms with Crippen molar-refractivity contribution in [1.29, 1.82) is 0 Å². The molecule has 0 atom stereocenters. The Hall–Kier alpha value is -1.47. The van der Waals surface area contributed by atoms with Crippen molar-refractivity contribution in [2.45, 2.75) is 18.9 Å². The van der Waals surface area contributed by atoms with Crippen molar-refractivity contribution in [2.75, 3.05) is 19.6 Å². The first-order valence-corrected chi connectivity index (χ1v) is 7.27. The van der Waals surface area contributed by atoms with Crippen LogP contribution in [-0.4, -0.2) is 47.4 Å². The summed E-state index contributed by atoms with van der Waals surface area (Å²) in [6.45, 7) is 1.82. The molecule has 0 unspecified atom stereocenters. The molecule has 20 heavy (non-hydrogen) atoms. The minimum atomic E-state index is -0.313. The molecule has 1 saturated heterocycles. The van der Waals surface area contributed by atoms with E-state index in [1.54, 1.807) is 18.3 Å². The van der Waals surface area contributed by atoms with Crippen molar-refractivity contribution >= 4 is 27.7 Å². The van der Waals surface area contributed by atoms with E-state index in [4.69, 9.17) is 5.73 Å². The van der Waals surface area contributed by atoms with E-state index in [9.17, 15) is 9.59 Å². The highest BCUT2D eigenvalue weighted by atomic mass is 79.9. The largest absolute Gasteiger partial charge is 0.369 e. The number of rotatable bonds is 4. The van der Waals surface area contributed by atoms with Crippen molar-refractivity contribution in [3.8, 4) is 0 Å². The van der Waals surface area contributed by atoms with Gasteiger partial charge in [0, 0.05) is 29.8 Å². The van der Waals surface area contributed by atoms with E-state index in [0.29, 0.717) is 5.69 Å². The molecule has 1 aliphatic heterocycles. The smallest absolute Gasteiger partial charge is 0.270 e. The maximum atomic E-state index is 12.0. The Kier molecular flexibility index (Phi) is 5.08. The molecule has 0 aliphatic carbocycles. The lowest BCUT2D eigenvalue weighted by Gasteiger charge is -2.31. The van der Waals surface area contributed by atoms with Gasteiger partial charge < -0.3 is 11.1 Å². The van der Waals surface area contributed by atoms with Crippen molar-refractivity contribution in [3.05, 3.63) is 28.5 Å². The maximum Gasteiger partial charge on any atom is 0.270 e. The van der Waals surface area contributed by atoms with Gasteiger partial charge in [0.2, 0.25) is 5.91 Å². The molecule has 0 bridgehead atoms. The highest BCUT2D eigenvalue weighted by molar-refractivity contribution is 9.10. The van der Waals surface area contributed by atoms with Gasteiger partial charge in [0.25, 0.3) is 5.91 Å². The number of hydrogen-bond acceptors (Lipinski definition) is 4. The molecule has 2 amide bonds. The zero-order chi connectivity index (χ0) is 14.5. The van der Waals surface area contributed by atoms with Crippen LogP contribution in [0.15, 0.2) is 22.8 Å². The highest BCUT2D eigenvalue weighted by Crippen LogP contribution is 2.11. The zero-order valence-electron chi connectivity index (χ0n) is 11.0. The molecule has 1 aromatic heterocycles. The average molecular weight is 341 g/mol. The zero-order valence-corrected chi connectivity index (χ0v) is 12.6. The van der Waals surface area contributed by atoms with Gasteiger partial charge in [0.1, 0.15) is 5.69 Å². The van der Waals surface area contributed by atoms with Crippen LogP contribution in [0.25, 0.3) is 0 Å². The number of carbonyl (C=O) groups is 2. The number of hydrogen-bond donors (Lipinski definition) is 2. The van der Waals surface area contributed by atoms with Gasteiger partial charge in [-0.25, -0.2) is 4.98 Å².